The van der Waals surface area contributed by atoms with Crippen LogP contribution in [0, 0.1) is 12.8 Å². The molecule has 0 bridgehead atoms. The van der Waals surface area contributed by atoms with E-state index in [9.17, 15) is 9.90 Å². The second-order valence-electron chi connectivity index (χ2n) is 7.24. The first-order valence-electron chi connectivity index (χ1n) is 9.31. The fourth-order valence-electron chi connectivity index (χ4n) is 2.99. The molecule has 0 saturated heterocycles. The first-order chi connectivity index (χ1) is 13.3. The van der Waals surface area contributed by atoms with Crippen LogP contribution in [0.4, 0.5) is 0 Å². The van der Waals surface area contributed by atoms with E-state index in [0.717, 1.165) is 15.6 Å². The van der Waals surface area contributed by atoms with Gasteiger partial charge >= 0.3 is 5.97 Å². The first kappa shape index (κ1) is 22.2. The number of nitrogens with one attached hydrogen (secondary N) is 1. The summed E-state index contributed by atoms with van der Waals surface area (Å²) in [4.78, 5) is 11.6. The molecule has 0 saturated carbocycles. The molecule has 0 heterocycles. The normalized spacial score (nSPS) is 12.1. The number of rotatable bonds is 10. The van der Waals surface area contributed by atoms with E-state index in [0.29, 0.717) is 31.1 Å². The Morgan fingerprint density at radius 1 is 1.25 bits per heavy atom. The van der Waals surface area contributed by atoms with Crippen molar-refractivity contribution in [1.29, 1.82) is 0 Å². The highest BCUT2D eigenvalue weighted by molar-refractivity contribution is 9.10. The molecule has 0 amide bonds. The number of hydrogen-bond donors (Lipinski definition) is 2. The maximum absolute atomic E-state index is 11.6. The second kappa shape index (κ2) is 10.5. The van der Waals surface area contributed by atoms with Gasteiger partial charge in [0.2, 0.25) is 0 Å². The van der Waals surface area contributed by atoms with Crippen LogP contribution in [0.1, 0.15) is 37.0 Å². The van der Waals surface area contributed by atoms with Crippen molar-refractivity contribution in [2.24, 2.45) is 5.92 Å². The lowest BCUT2D eigenvalue weighted by atomic mass is 10.0. The van der Waals surface area contributed by atoms with Crippen molar-refractivity contribution in [3.05, 3.63) is 57.6 Å². The quantitative estimate of drug-likeness (QED) is 0.537. The summed E-state index contributed by atoms with van der Waals surface area (Å²) in [5, 5.41) is 12.6. The van der Waals surface area contributed by atoms with Crippen molar-refractivity contribution in [1.82, 2.24) is 5.32 Å². The first-order valence-corrected chi connectivity index (χ1v) is 10.1. The molecule has 2 N–H and O–H groups in total. The van der Waals surface area contributed by atoms with Crippen molar-refractivity contribution in [2.75, 3.05) is 7.11 Å². The van der Waals surface area contributed by atoms with Crippen molar-refractivity contribution < 1.29 is 19.4 Å². The molecule has 152 valence electrons. The predicted molar refractivity (Wildman–Crippen MR) is 114 cm³/mol. The fourth-order valence-corrected chi connectivity index (χ4v) is 3.44. The maximum atomic E-state index is 11.6. The number of carboxylic acids is 1. The van der Waals surface area contributed by atoms with Crippen LogP contribution in [0.2, 0.25) is 0 Å². The fraction of sp³-hybridized carbons (Fsp3) is 0.409. The molecule has 0 radical (unpaired) electrons. The van der Waals surface area contributed by atoms with Crippen molar-refractivity contribution in [3.63, 3.8) is 0 Å². The minimum absolute atomic E-state index is 0.277. The number of benzene rings is 2. The molecule has 1 unspecified atom stereocenters. The van der Waals surface area contributed by atoms with Gasteiger partial charge in [0.25, 0.3) is 0 Å². The molecule has 28 heavy (non-hydrogen) atoms. The van der Waals surface area contributed by atoms with E-state index >= 15 is 0 Å². The molecule has 2 aromatic rings. The zero-order chi connectivity index (χ0) is 20.7. The van der Waals surface area contributed by atoms with Crippen LogP contribution >= 0.6 is 15.9 Å². The number of halogens is 1. The summed E-state index contributed by atoms with van der Waals surface area (Å²) in [5.74, 6) is 0.650. The van der Waals surface area contributed by atoms with Crippen molar-refractivity contribution in [2.45, 2.75) is 46.4 Å². The van der Waals surface area contributed by atoms with E-state index in [4.69, 9.17) is 9.47 Å². The maximum Gasteiger partial charge on any atom is 0.320 e. The van der Waals surface area contributed by atoms with Crippen LogP contribution in [-0.4, -0.2) is 24.2 Å². The molecule has 5 nitrogen and oxygen atoms in total. The molecule has 0 aliphatic rings. The summed E-state index contributed by atoms with van der Waals surface area (Å²) in [5.41, 5.74) is 3.06. The summed E-state index contributed by atoms with van der Waals surface area (Å²) in [6.07, 6.45) is 0.552. The molecule has 2 aromatic carbocycles. The number of carboxylic acid groups (broad SMARTS) is 1. The van der Waals surface area contributed by atoms with Gasteiger partial charge in [-0.25, -0.2) is 0 Å². The molecule has 0 fully saturated rings. The lowest BCUT2D eigenvalue weighted by Gasteiger charge is -2.20. The minimum Gasteiger partial charge on any atom is -0.493 e. The molecule has 0 aliphatic carbocycles. The van der Waals surface area contributed by atoms with Gasteiger partial charge in [-0.05, 0) is 37.0 Å². The van der Waals surface area contributed by atoms with Crippen molar-refractivity contribution in [3.8, 4) is 11.5 Å². The average molecular weight is 450 g/mol. The highest BCUT2D eigenvalue weighted by Crippen LogP contribution is 2.37. The molecule has 6 heteroatoms. The van der Waals surface area contributed by atoms with E-state index in [1.807, 2.05) is 51.1 Å². The number of methoxy groups -OCH3 is 1. The Kier molecular flexibility index (Phi) is 8.33. The SMILES string of the molecule is COc1ccc(Br)c(CNC(CC(C)C)C(=O)O)c1OCc1cccc(C)c1. The number of carbonyl (C=O) groups is 1. The zero-order valence-electron chi connectivity index (χ0n) is 16.8. The number of hydrogen-bond acceptors (Lipinski definition) is 4. The highest BCUT2D eigenvalue weighted by atomic mass is 79.9. The van der Waals surface area contributed by atoms with Gasteiger partial charge in [0.05, 0.1) is 7.11 Å². The standard InChI is InChI=1S/C22H28BrNO4/c1-14(2)10-19(22(25)26)24-12-17-18(23)8-9-20(27-4)21(17)28-13-16-7-5-6-15(3)11-16/h5-9,11,14,19,24H,10,12-13H2,1-4H3,(H,25,26). The van der Waals surface area contributed by atoms with Gasteiger partial charge in [-0.3, -0.25) is 4.79 Å². The average Bonchev–Trinajstić information content (AvgIpc) is 2.64. The Bertz CT molecular complexity index is 807. The lowest BCUT2D eigenvalue weighted by molar-refractivity contribution is -0.140. The van der Waals surface area contributed by atoms with Crippen molar-refractivity contribution >= 4 is 21.9 Å². The topological polar surface area (TPSA) is 67.8 Å². The molecule has 1 atom stereocenters. The van der Waals surface area contributed by atoms with Gasteiger partial charge in [-0.2, -0.15) is 0 Å². The van der Waals surface area contributed by atoms with E-state index in [1.165, 1.54) is 5.56 Å². The molecular weight excluding hydrogens is 422 g/mol. The Morgan fingerprint density at radius 3 is 2.61 bits per heavy atom. The van der Waals surface area contributed by atoms with E-state index in [-0.39, 0.29) is 5.92 Å². The Labute approximate surface area is 175 Å². The van der Waals surface area contributed by atoms with Crippen LogP contribution < -0.4 is 14.8 Å². The predicted octanol–water partition coefficient (Wildman–Crippen LogP) is 4.93. The second-order valence-corrected chi connectivity index (χ2v) is 8.09. The third-order valence-corrected chi connectivity index (χ3v) is 5.13. The Hall–Kier alpha value is -2.05. The van der Waals surface area contributed by atoms with E-state index in [1.54, 1.807) is 7.11 Å². The van der Waals surface area contributed by atoms with Gasteiger partial charge in [-0.15, -0.1) is 0 Å². The summed E-state index contributed by atoms with van der Waals surface area (Å²) in [6, 6.07) is 11.2. The lowest BCUT2D eigenvalue weighted by Crippen LogP contribution is -2.37. The molecule has 0 aliphatic heterocycles. The highest BCUT2D eigenvalue weighted by Gasteiger charge is 2.21. The Balaban J connectivity index is 2.23. The Morgan fingerprint density at radius 2 is 2.00 bits per heavy atom. The summed E-state index contributed by atoms with van der Waals surface area (Å²) in [6.45, 7) is 6.81. The summed E-state index contributed by atoms with van der Waals surface area (Å²) in [7, 11) is 1.60. The molecule has 0 spiro atoms. The van der Waals surface area contributed by atoms with E-state index in [2.05, 4.69) is 27.3 Å². The third kappa shape index (κ3) is 6.24. The largest absolute Gasteiger partial charge is 0.493 e. The van der Waals surface area contributed by atoms with E-state index < -0.39 is 12.0 Å². The van der Waals surface area contributed by atoms with Gasteiger partial charge in [0.15, 0.2) is 11.5 Å². The number of ether oxygens (including phenoxy) is 2. The third-order valence-electron chi connectivity index (χ3n) is 4.38. The van der Waals surface area contributed by atoms with Crippen LogP contribution in [0.3, 0.4) is 0 Å². The summed E-state index contributed by atoms with van der Waals surface area (Å²) < 4.78 is 12.4. The van der Waals surface area contributed by atoms with Crippen LogP contribution in [0.15, 0.2) is 40.9 Å². The molecule has 0 aromatic heterocycles. The number of aryl methyl sites for hydroxylation is 1. The smallest absolute Gasteiger partial charge is 0.320 e. The van der Waals surface area contributed by atoms with Gasteiger partial charge < -0.3 is 19.9 Å². The van der Waals surface area contributed by atoms with Gasteiger partial charge in [0, 0.05) is 16.6 Å². The molecule has 2 rings (SSSR count). The van der Waals surface area contributed by atoms with Crippen LogP contribution in [0.5, 0.6) is 11.5 Å². The zero-order valence-corrected chi connectivity index (χ0v) is 18.4. The monoisotopic (exact) mass is 449 g/mol. The molecular formula is C22H28BrNO4. The summed E-state index contributed by atoms with van der Waals surface area (Å²) >= 11 is 3.56. The van der Waals surface area contributed by atoms with Gasteiger partial charge in [0.1, 0.15) is 12.6 Å². The minimum atomic E-state index is -0.852. The van der Waals surface area contributed by atoms with Gasteiger partial charge in [-0.1, -0.05) is 59.6 Å². The van der Waals surface area contributed by atoms with Crippen LogP contribution in [0.25, 0.3) is 0 Å². The number of aliphatic carboxylic acids is 1. The van der Waals surface area contributed by atoms with Crippen LogP contribution in [-0.2, 0) is 17.9 Å².